The molecule has 0 bridgehead atoms. The first-order valence-electron chi connectivity index (χ1n) is 6.37. The van der Waals surface area contributed by atoms with Crippen LogP contribution in [0.1, 0.15) is 19.4 Å². The smallest absolute Gasteiger partial charge is 0.336 e. The molecule has 0 aliphatic rings. The number of hydrogen-bond acceptors (Lipinski definition) is 3. The summed E-state index contributed by atoms with van der Waals surface area (Å²) >= 11 is 0. The molecule has 0 aliphatic carbocycles. The van der Waals surface area contributed by atoms with Crippen molar-refractivity contribution in [3.8, 4) is 17.4 Å². The van der Waals surface area contributed by atoms with E-state index >= 15 is 0 Å². The maximum Gasteiger partial charge on any atom is 0.336 e. The molecular weight excluding hydrogens is 238 g/mol. The summed E-state index contributed by atoms with van der Waals surface area (Å²) in [6.45, 7) is 8.28. The van der Waals surface area contributed by atoms with Crippen LogP contribution in [0.25, 0.3) is 11.4 Å². The largest absolute Gasteiger partial charge is 0.458 e. The van der Waals surface area contributed by atoms with Crippen molar-refractivity contribution in [3.63, 3.8) is 0 Å². The molecule has 4 heteroatoms. The van der Waals surface area contributed by atoms with E-state index in [1.807, 2.05) is 14.0 Å². The summed E-state index contributed by atoms with van der Waals surface area (Å²) in [7, 11) is 1.86. The fraction of sp³-hybridized carbons (Fsp3) is 0.333. The van der Waals surface area contributed by atoms with Gasteiger partial charge in [0.2, 0.25) is 0 Å². The van der Waals surface area contributed by atoms with Gasteiger partial charge in [0, 0.05) is 12.6 Å². The molecule has 4 nitrogen and oxygen atoms in total. The van der Waals surface area contributed by atoms with Crippen molar-refractivity contribution in [2.75, 3.05) is 6.61 Å². The molecule has 0 atom stereocenters. The molecule has 0 aliphatic heterocycles. The first kappa shape index (κ1) is 13.3. The lowest BCUT2D eigenvalue weighted by Crippen LogP contribution is -1.99. The molecule has 0 radical (unpaired) electrons. The first-order valence-corrected chi connectivity index (χ1v) is 6.37. The highest BCUT2D eigenvalue weighted by Crippen LogP contribution is 2.20. The zero-order valence-electron chi connectivity index (χ0n) is 11.7. The Morgan fingerprint density at radius 2 is 2.00 bits per heavy atom. The number of ether oxygens (including phenoxy) is 1. The van der Waals surface area contributed by atoms with E-state index in [2.05, 4.69) is 47.9 Å². The summed E-state index contributed by atoms with van der Waals surface area (Å²) in [5.41, 5.74) is 3.29. The van der Waals surface area contributed by atoms with Crippen LogP contribution in [0.15, 0.2) is 36.4 Å². The van der Waals surface area contributed by atoms with Crippen molar-refractivity contribution in [3.05, 3.63) is 42.0 Å². The third-order valence-electron chi connectivity index (χ3n) is 2.81. The Hall–Kier alpha value is -2.10. The predicted molar refractivity (Wildman–Crippen MR) is 76.1 cm³/mol. The number of nitrogens with zero attached hydrogens (tertiary/aromatic N) is 3. The van der Waals surface area contributed by atoms with Crippen LogP contribution in [-0.4, -0.2) is 21.4 Å². The second kappa shape index (κ2) is 5.69. The monoisotopic (exact) mass is 257 g/mol. The summed E-state index contributed by atoms with van der Waals surface area (Å²) in [4.78, 5) is 4.40. The molecule has 100 valence electrons. The summed E-state index contributed by atoms with van der Waals surface area (Å²) < 4.78 is 7.18. The van der Waals surface area contributed by atoms with Gasteiger partial charge in [0.1, 0.15) is 6.61 Å². The van der Waals surface area contributed by atoms with Crippen molar-refractivity contribution in [1.82, 2.24) is 14.8 Å². The Kier molecular flexibility index (Phi) is 4.00. The number of aromatic nitrogens is 3. The van der Waals surface area contributed by atoms with Gasteiger partial charge in [-0.15, -0.1) is 5.10 Å². The highest BCUT2D eigenvalue weighted by atomic mass is 16.5. The Balaban J connectivity index is 2.21. The molecule has 2 rings (SSSR count). The SMILES string of the molecule is C=C(C)COc1nc(-c2ccc(CC)cc2)n(C)n1. The van der Waals surface area contributed by atoms with Crippen LogP contribution in [0.3, 0.4) is 0 Å². The van der Waals surface area contributed by atoms with Gasteiger partial charge in [-0.3, -0.25) is 0 Å². The van der Waals surface area contributed by atoms with E-state index in [-0.39, 0.29) is 0 Å². The second-order valence-corrected chi connectivity index (χ2v) is 4.64. The number of hydrogen-bond donors (Lipinski definition) is 0. The molecule has 0 N–H and O–H groups in total. The predicted octanol–water partition coefficient (Wildman–Crippen LogP) is 3.00. The van der Waals surface area contributed by atoms with Gasteiger partial charge in [-0.25, -0.2) is 4.68 Å². The average molecular weight is 257 g/mol. The molecule has 1 aromatic carbocycles. The number of aryl methyl sites for hydroxylation is 2. The minimum Gasteiger partial charge on any atom is -0.458 e. The topological polar surface area (TPSA) is 39.9 Å². The van der Waals surface area contributed by atoms with Crippen LogP contribution >= 0.6 is 0 Å². The van der Waals surface area contributed by atoms with Gasteiger partial charge in [-0.2, -0.15) is 4.98 Å². The normalized spacial score (nSPS) is 10.5. The van der Waals surface area contributed by atoms with E-state index in [0.29, 0.717) is 12.6 Å². The first-order chi connectivity index (χ1) is 9.10. The molecule has 2 aromatic rings. The molecular formula is C15H19N3O. The zero-order chi connectivity index (χ0) is 13.8. The van der Waals surface area contributed by atoms with Gasteiger partial charge in [-0.1, -0.05) is 37.8 Å². The van der Waals surface area contributed by atoms with Gasteiger partial charge < -0.3 is 4.74 Å². The van der Waals surface area contributed by atoms with Gasteiger partial charge >= 0.3 is 6.01 Å². The fourth-order valence-corrected chi connectivity index (χ4v) is 1.75. The number of rotatable bonds is 5. The van der Waals surface area contributed by atoms with Gasteiger partial charge in [0.25, 0.3) is 0 Å². The summed E-state index contributed by atoms with van der Waals surface area (Å²) in [5, 5.41) is 4.24. The molecule has 0 fully saturated rings. The Bertz CT molecular complexity index is 570. The molecule has 1 aromatic heterocycles. The van der Waals surface area contributed by atoms with Crippen LogP contribution in [0.4, 0.5) is 0 Å². The zero-order valence-corrected chi connectivity index (χ0v) is 11.7. The van der Waals surface area contributed by atoms with Crippen LogP contribution < -0.4 is 4.74 Å². The molecule has 0 unspecified atom stereocenters. The van der Waals surface area contributed by atoms with Gasteiger partial charge in [0.15, 0.2) is 5.82 Å². The number of benzene rings is 1. The lowest BCUT2D eigenvalue weighted by Gasteiger charge is -2.01. The lowest BCUT2D eigenvalue weighted by atomic mass is 10.1. The minimum absolute atomic E-state index is 0.389. The average Bonchev–Trinajstić information content (AvgIpc) is 2.78. The Morgan fingerprint density at radius 1 is 1.32 bits per heavy atom. The van der Waals surface area contributed by atoms with E-state index in [0.717, 1.165) is 23.4 Å². The molecule has 0 saturated carbocycles. The van der Waals surface area contributed by atoms with Crippen LogP contribution in [0.2, 0.25) is 0 Å². The van der Waals surface area contributed by atoms with E-state index in [9.17, 15) is 0 Å². The van der Waals surface area contributed by atoms with Crippen molar-refractivity contribution in [2.24, 2.45) is 7.05 Å². The molecule has 1 heterocycles. The second-order valence-electron chi connectivity index (χ2n) is 4.64. The molecule has 19 heavy (non-hydrogen) atoms. The van der Waals surface area contributed by atoms with E-state index < -0.39 is 0 Å². The third kappa shape index (κ3) is 3.22. The fourth-order valence-electron chi connectivity index (χ4n) is 1.75. The molecule has 0 saturated heterocycles. The third-order valence-corrected chi connectivity index (χ3v) is 2.81. The van der Waals surface area contributed by atoms with E-state index in [4.69, 9.17) is 4.74 Å². The van der Waals surface area contributed by atoms with Crippen LogP contribution in [0.5, 0.6) is 6.01 Å². The maximum atomic E-state index is 5.45. The van der Waals surface area contributed by atoms with Gasteiger partial charge in [-0.05, 0) is 24.5 Å². The van der Waals surface area contributed by atoms with Crippen molar-refractivity contribution in [2.45, 2.75) is 20.3 Å². The van der Waals surface area contributed by atoms with Crippen LogP contribution in [-0.2, 0) is 13.5 Å². The summed E-state index contributed by atoms with van der Waals surface area (Å²) in [5.74, 6) is 0.805. The van der Waals surface area contributed by atoms with Crippen molar-refractivity contribution >= 4 is 0 Å². The van der Waals surface area contributed by atoms with Crippen LogP contribution in [0, 0.1) is 0 Å². The van der Waals surface area contributed by atoms with Crippen molar-refractivity contribution < 1.29 is 4.74 Å². The Labute approximate surface area is 113 Å². The van der Waals surface area contributed by atoms with E-state index in [1.165, 1.54) is 5.56 Å². The molecule has 0 amide bonds. The quantitative estimate of drug-likeness (QED) is 0.773. The Morgan fingerprint density at radius 3 is 2.58 bits per heavy atom. The highest BCUT2D eigenvalue weighted by molar-refractivity contribution is 5.56. The highest BCUT2D eigenvalue weighted by Gasteiger charge is 2.10. The minimum atomic E-state index is 0.389. The standard InChI is InChI=1S/C15H19N3O/c1-5-12-6-8-13(9-7-12)14-16-15(17-18(14)4)19-10-11(2)3/h6-9H,2,5,10H2,1,3-4H3. The molecule has 0 spiro atoms. The lowest BCUT2D eigenvalue weighted by molar-refractivity contribution is 0.323. The van der Waals surface area contributed by atoms with E-state index in [1.54, 1.807) is 4.68 Å². The summed E-state index contributed by atoms with van der Waals surface area (Å²) in [6, 6.07) is 8.73. The van der Waals surface area contributed by atoms with Crippen molar-refractivity contribution in [1.29, 1.82) is 0 Å². The van der Waals surface area contributed by atoms with Gasteiger partial charge in [0.05, 0.1) is 0 Å². The maximum absolute atomic E-state index is 5.45. The summed E-state index contributed by atoms with van der Waals surface area (Å²) in [6.07, 6.45) is 1.03.